The molecule has 0 aliphatic carbocycles. The normalized spacial score (nSPS) is 22.5. The lowest BCUT2D eigenvalue weighted by Gasteiger charge is -2.37. The van der Waals surface area contributed by atoms with Crippen LogP contribution in [-0.2, 0) is 4.74 Å². The van der Waals surface area contributed by atoms with E-state index in [1.807, 2.05) is 25.7 Å². The molecule has 2 atom stereocenters. The Hall–Kier alpha value is -0.770. The number of carbonyl (C=O) groups excluding carboxylic acids is 1. The van der Waals surface area contributed by atoms with E-state index in [9.17, 15) is 4.79 Å². The van der Waals surface area contributed by atoms with E-state index in [4.69, 9.17) is 4.74 Å². The minimum atomic E-state index is -0.411. The van der Waals surface area contributed by atoms with Gasteiger partial charge in [-0.3, -0.25) is 0 Å². The van der Waals surface area contributed by atoms with Crippen LogP contribution < -0.4 is 5.32 Å². The molecule has 1 fully saturated rings. The summed E-state index contributed by atoms with van der Waals surface area (Å²) in [6.07, 6.45) is 2.07. The first-order valence-electron chi connectivity index (χ1n) is 7.43. The van der Waals surface area contributed by atoms with Gasteiger partial charge in [0.1, 0.15) is 5.60 Å². The Morgan fingerprint density at radius 3 is 2.47 bits per heavy atom. The standard InChI is InChI=1S/C15H30N2O2/c1-11(2)16-12(3)13-8-7-9-17(10-13)14(18)19-15(4,5)6/h11-13,16H,7-10H2,1-6H3/t12-,13+/m0/s1. The third-order valence-corrected chi connectivity index (χ3v) is 3.41. The summed E-state index contributed by atoms with van der Waals surface area (Å²) in [5, 5.41) is 3.54. The summed E-state index contributed by atoms with van der Waals surface area (Å²) in [7, 11) is 0. The number of nitrogens with one attached hydrogen (secondary N) is 1. The molecule has 1 aliphatic heterocycles. The van der Waals surface area contributed by atoms with Crippen LogP contribution in [0.2, 0.25) is 0 Å². The molecule has 1 amide bonds. The molecular weight excluding hydrogens is 240 g/mol. The lowest BCUT2D eigenvalue weighted by molar-refractivity contribution is 0.0147. The van der Waals surface area contributed by atoms with Crippen LogP contribution in [0.15, 0.2) is 0 Å². The number of rotatable bonds is 3. The number of likely N-dealkylation sites (tertiary alicyclic amines) is 1. The van der Waals surface area contributed by atoms with Crippen LogP contribution in [0.3, 0.4) is 0 Å². The zero-order chi connectivity index (χ0) is 14.6. The maximum atomic E-state index is 12.1. The molecule has 1 N–H and O–H groups in total. The Labute approximate surface area is 117 Å². The van der Waals surface area contributed by atoms with E-state index in [0.717, 1.165) is 19.5 Å². The van der Waals surface area contributed by atoms with E-state index >= 15 is 0 Å². The van der Waals surface area contributed by atoms with Crippen LogP contribution in [0.1, 0.15) is 54.4 Å². The molecule has 0 saturated carbocycles. The zero-order valence-corrected chi connectivity index (χ0v) is 13.3. The highest BCUT2D eigenvalue weighted by atomic mass is 16.6. The van der Waals surface area contributed by atoms with E-state index in [1.54, 1.807) is 0 Å². The highest BCUT2D eigenvalue weighted by Crippen LogP contribution is 2.22. The van der Waals surface area contributed by atoms with Gasteiger partial charge in [-0.1, -0.05) is 13.8 Å². The van der Waals surface area contributed by atoms with Crippen molar-refractivity contribution in [2.24, 2.45) is 5.92 Å². The van der Waals surface area contributed by atoms with Gasteiger partial charge in [0.2, 0.25) is 0 Å². The maximum absolute atomic E-state index is 12.1. The average Bonchev–Trinajstić information content (AvgIpc) is 2.26. The fraction of sp³-hybridized carbons (Fsp3) is 0.933. The van der Waals surface area contributed by atoms with Crippen molar-refractivity contribution in [1.29, 1.82) is 0 Å². The Kier molecular flexibility index (Phi) is 5.65. The van der Waals surface area contributed by atoms with Crippen molar-refractivity contribution >= 4 is 6.09 Å². The second-order valence-electron chi connectivity index (χ2n) is 6.94. The number of carbonyl (C=O) groups is 1. The minimum Gasteiger partial charge on any atom is -0.444 e. The fourth-order valence-corrected chi connectivity index (χ4v) is 2.57. The summed E-state index contributed by atoms with van der Waals surface area (Å²) >= 11 is 0. The second kappa shape index (κ2) is 6.60. The van der Waals surface area contributed by atoms with Crippen molar-refractivity contribution in [2.75, 3.05) is 13.1 Å². The summed E-state index contributed by atoms with van der Waals surface area (Å²) in [6.45, 7) is 13.9. The monoisotopic (exact) mass is 270 g/mol. The van der Waals surface area contributed by atoms with Gasteiger partial charge >= 0.3 is 6.09 Å². The molecule has 4 nitrogen and oxygen atoms in total. The molecule has 1 saturated heterocycles. The van der Waals surface area contributed by atoms with Crippen molar-refractivity contribution in [3.05, 3.63) is 0 Å². The van der Waals surface area contributed by atoms with Crippen LogP contribution >= 0.6 is 0 Å². The molecule has 0 aromatic carbocycles. The first-order chi connectivity index (χ1) is 8.69. The van der Waals surface area contributed by atoms with E-state index in [1.165, 1.54) is 6.42 Å². The molecular formula is C15H30N2O2. The summed E-state index contributed by atoms with van der Waals surface area (Å²) in [6, 6.07) is 0.914. The number of hydrogen-bond acceptors (Lipinski definition) is 3. The molecule has 1 aliphatic rings. The van der Waals surface area contributed by atoms with Crippen molar-refractivity contribution in [1.82, 2.24) is 10.2 Å². The predicted molar refractivity (Wildman–Crippen MR) is 78.3 cm³/mol. The quantitative estimate of drug-likeness (QED) is 0.857. The molecule has 1 rings (SSSR count). The Bertz CT molecular complexity index is 297. The third-order valence-electron chi connectivity index (χ3n) is 3.41. The van der Waals surface area contributed by atoms with Gasteiger partial charge in [-0.2, -0.15) is 0 Å². The number of nitrogens with zero attached hydrogens (tertiary/aromatic N) is 1. The fourth-order valence-electron chi connectivity index (χ4n) is 2.57. The lowest BCUT2D eigenvalue weighted by atomic mass is 9.91. The number of hydrogen-bond donors (Lipinski definition) is 1. The molecule has 19 heavy (non-hydrogen) atoms. The average molecular weight is 270 g/mol. The lowest BCUT2D eigenvalue weighted by Crippen LogP contribution is -2.49. The van der Waals surface area contributed by atoms with Crippen LogP contribution in [0.25, 0.3) is 0 Å². The molecule has 4 heteroatoms. The van der Waals surface area contributed by atoms with Gasteiger partial charge in [-0.05, 0) is 46.5 Å². The van der Waals surface area contributed by atoms with Crippen LogP contribution in [-0.4, -0.2) is 41.8 Å². The van der Waals surface area contributed by atoms with Gasteiger partial charge in [0, 0.05) is 25.2 Å². The van der Waals surface area contributed by atoms with Crippen LogP contribution in [0.4, 0.5) is 4.79 Å². The van der Waals surface area contributed by atoms with Crippen molar-refractivity contribution < 1.29 is 9.53 Å². The number of amides is 1. The highest BCUT2D eigenvalue weighted by Gasteiger charge is 2.30. The topological polar surface area (TPSA) is 41.6 Å². The Morgan fingerprint density at radius 1 is 1.32 bits per heavy atom. The smallest absolute Gasteiger partial charge is 0.410 e. The van der Waals surface area contributed by atoms with Gasteiger partial charge in [0.25, 0.3) is 0 Å². The van der Waals surface area contributed by atoms with Gasteiger partial charge < -0.3 is 15.0 Å². The third kappa shape index (κ3) is 5.81. The first kappa shape index (κ1) is 16.3. The SMILES string of the molecule is CC(C)N[C@@H](C)[C@@H]1CCCN(C(=O)OC(C)(C)C)C1. The van der Waals surface area contributed by atoms with E-state index in [0.29, 0.717) is 18.0 Å². The van der Waals surface area contributed by atoms with Gasteiger partial charge in [0.15, 0.2) is 0 Å². The van der Waals surface area contributed by atoms with E-state index in [2.05, 4.69) is 26.1 Å². The predicted octanol–water partition coefficient (Wildman–Crippen LogP) is 3.02. The summed E-state index contributed by atoms with van der Waals surface area (Å²) < 4.78 is 5.45. The summed E-state index contributed by atoms with van der Waals surface area (Å²) in [4.78, 5) is 13.9. The summed E-state index contributed by atoms with van der Waals surface area (Å²) in [5.74, 6) is 0.517. The molecule has 1 heterocycles. The summed E-state index contributed by atoms with van der Waals surface area (Å²) in [5.41, 5.74) is -0.411. The van der Waals surface area contributed by atoms with Gasteiger partial charge in [-0.15, -0.1) is 0 Å². The van der Waals surface area contributed by atoms with Crippen molar-refractivity contribution in [3.63, 3.8) is 0 Å². The van der Waals surface area contributed by atoms with Crippen LogP contribution in [0, 0.1) is 5.92 Å². The molecule has 0 unspecified atom stereocenters. The molecule has 0 aromatic rings. The van der Waals surface area contributed by atoms with E-state index < -0.39 is 5.60 Å². The maximum Gasteiger partial charge on any atom is 0.410 e. The molecule has 0 spiro atoms. The van der Waals surface area contributed by atoms with E-state index in [-0.39, 0.29) is 6.09 Å². The van der Waals surface area contributed by atoms with Crippen molar-refractivity contribution in [3.8, 4) is 0 Å². The molecule has 0 radical (unpaired) electrons. The van der Waals surface area contributed by atoms with Gasteiger partial charge in [0.05, 0.1) is 0 Å². The largest absolute Gasteiger partial charge is 0.444 e. The second-order valence-corrected chi connectivity index (χ2v) is 6.94. The van der Waals surface area contributed by atoms with Crippen LogP contribution in [0.5, 0.6) is 0 Å². The zero-order valence-electron chi connectivity index (χ0n) is 13.3. The Morgan fingerprint density at radius 2 is 1.95 bits per heavy atom. The molecule has 0 bridgehead atoms. The first-order valence-corrected chi connectivity index (χ1v) is 7.43. The minimum absolute atomic E-state index is 0.172. The number of piperidine rings is 1. The Balaban J connectivity index is 2.52. The molecule has 0 aromatic heterocycles. The number of ether oxygens (including phenoxy) is 1. The van der Waals surface area contributed by atoms with Crippen molar-refractivity contribution in [2.45, 2.75) is 72.1 Å². The molecule has 112 valence electrons. The highest BCUT2D eigenvalue weighted by molar-refractivity contribution is 5.68. The van der Waals surface area contributed by atoms with Gasteiger partial charge in [-0.25, -0.2) is 4.79 Å².